The Labute approximate surface area is 124 Å². The van der Waals surface area contributed by atoms with Crippen LogP contribution in [0.4, 0.5) is 11.5 Å². The fourth-order valence-corrected chi connectivity index (χ4v) is 1.98. The molecule has 0 aliphatic rings. The minimum atomic E-state index is 0.534. The first-order valence-corrected chi connectivity index (χ1v) is 6.76. The number of nitrogens with zero attached hydrogens (tertiary/aromatic N) is 3. The van der Waals surface area contributed by atoms with E-state index >= 15 is 0 Å². The molecule has 2 aromatic rings. The van der Waals surface area contributed by atoms with E-state index < -0.39 is 0 Å². The van der Waals surface area contributed by atoms with Crippen LogP contribution in [0.1, 0.15) is 6.42 Å². The lowest BCUT2D eigenvalue weighted by Gasteiger charge is -2.24. The van der Waals surface area contributed by atoms with Crippen LogP contribution in [0.5, 0.6) is 11.6 Å². The van der Waals surface area contributed by atoms with E-state index in [9.17, 15) is 0 Å². The van der Waals surface area contributed by atoms with Gasteiger partial charge in [0.2, 0.25) is 5.88 Å². The molecule has 6 nitrogen and oxygen atoms in total. The lowest BCUT2D eigenvalue weighted by Crippen LogP contribution is -2.22. The van der Waals surface area contributed by atoms with Gasteiger partial charge in [0.25, 0.3) is 0 Å². The van der Waals surface area contributed by atoms with Gasteiger partial charge in [-0.15, -0.1) is 0 Å². The average Bonchev–Trinajstić information content (AvgIpc) is 2.56. The van der Waals surface area contributed by atoms with Crippen LogP contribution in [-0.2, 0) is 0 Å². The van der Waals surface area contributed by atoms with Crippen LogP contribution in [0.15, 0.2) is 36.7 Å². The maximum absolute atomic E-state index is 5.63. The summed E-state index contributed by atoms with van der Waals surface area (Å²) in [6, 6.07) is 9.63. The summed E-state index contributed by atoms with van der Waals surface area (Å²) in [6.07, 6.45) is 2.35. The zero-order chi connectivity index (χ0) is 15.1. The Morgan fingerprint density at radius 2 is 1.86 bits per heavy atom. The van der Waals surface area contributed by atoms with Crippen molar-refractivity contribution in [2.75, 3.05) is 32.2 Å². The Morgan fingerprint density at radius 3 is 2.48 bits per heavy atom. The second-order valence-corrected chi connectivity index (χ2v) is 4.41. The predicted molar refractivity (Wildman–Crippen MR) is 82.3 cm³/mol. The van der Waals surface area contributed by atoms with Crippen molar-refractivity contribution in [3.8, 4) is 11.6 Å². The first-order valence-electron chi connectivity index (χ1n) is 6.76. The SMILES string of the molecule is COc1ccc(N(CCCN)c2cc(OC)ncn2)cc1. The number of nitrogens with two attached hydrogens (primary N) is 1. The first kappa shape index (κ1) is 15.1. The van der Waals surface area contributed by atoms with Crippen LogP contribution < -0.4 is 20.1 Å². The summed E-state index contributed by atoms with van der Waals surface area (Å²) < 4.78 is 10.3. The van der Waals surface area contributed by atoms with Crippen molar-refractivity contribution in [1.82, 2.24) is 9.97 Å². The van der Waals surface area contributed by atoms with Gasteiger partial charge in [-0.25, -0.2) is 9.97 Å². The lowest BCUT2D eigenvalue weighted by molar-refractivity contribution is 0.397. The van der Waals surface area contributed by atoms with Crippen molar-refractivity contribution in [2.24, 2.45) is 5.73 Å². The summed E-state index contributed by atoms with van der Waals surface area (Å²) >= 11 is 0. The van der Waals surface area contributed by atoms with Gasteiger partial charge in [0.15, 0.2) is 0 Å². The highest BCUT2D eigenvalue weighted by Crippen LogP contribution is 2.27. The molecule has 0 aliphatic heterocycles. The Balaban J connectivity index is 2.31. The molecule has 0 saturated carbocycles. The van der Waals surface area contributed by atoms with Crippen molar-refractivity contribution in [3.63, 3.8) is 0 Å². The summed E-state index contributed by atoms with van der Waals surface area (Å²) in [5.74, 6) is 2.13. The molecule has 0 bridgehead atoms. The molecule has 1 aromatic carbocycles. The summed E-state index contributed by atoms with van der Waals surface area (Å²) in [5, 5.41) is 0. The van der Waals surface area contributed by atoms with Crippen LogP contribution in [0.3, 0.4) is 0 Å². The van der Waals surface area contributed by atoms with Crippen LogP contribution in [0.25, 0.3) is 0 Å². The maximum Gasteiger partial charge on any atom is 0.218 e. The van der Waals surface area contributed by atoms with E-state index in [-0.39, 0.29) is 0 Å². The summed E-state index contributed by atoms with van der Waals surface area (Å²) in [7, 11) is 3.24. The highest BCUT2D eigenvalue weighted by atomic mass is 16.5. The van der Waals surface area contributed by atoms with E-state index in [0.717, 1.165) is 30.2 Å². The molecule has 1 heterocycles. The second-order valence-electron chi connectivity index (χ2n) is 4.41. The van der Waals surface area contributed by atoms with Crippen molar-refractivity contribution < 1.29 is 9.47 Å². The van der Waals surface area contributed by atoms with Gasteiger partial charge in [-0.3, -0.25) is 0 Å². The summed E-state index contributed by atoms with van der Waals surface area (Å²) in [6.45, 7) is 1.39. The van der Waals surface area contributed by atoms with Crippen molar-refractivity contribution in [1.29, 1.82) is 0 Å². The van der Waals surface area contributed by atoms with Gasteiger partial charge in [-0.2, -0.15) is 0 Å². The fourth-order valence-electron chi connectivity index (χ4n) is 1.98. The third-order valence-electron chi connectivity index (χ3n) is 3.08. The molecular weight excluding hydrogens is 268 g/mol. The molecule has 1 aromatic heterocycles. The molecule has 2 rings (SSSR count). The molecule has 21 heavy (non-hydrogen) atoms. The zero-order valence-corrected chi connectivity index (χ0v) is 12.3. The number of methoxy groups -OCH3 is 2. The highest BCUT2D eigenvalue weighted by molar-refractivity contribution is 5.61. The molecule has 0 radical (unpaired) electrons. The maximum atomic E-state index is 5.63. The van der Waals surface area contributed by atoms with Gasteiger partial charge in [0.1, 0.15) is 17.9 Å². The van der Waals surface area contributed by atoms with E-state index in [2.05, 4.69) is 14.9 Å². The third kappa shape index (κ3) is 3.82. The topological polar surface area (TPSA) is 73.5 Å². The number of rotatable bonds is 7. The molecule has 0 atom stereocenters. The van der Waals surface area contributed by atoms with Crippen LogP contribution in [-0.4, -0.2) is 37.3 Å². The molecular formula is C15H20N4O2. The monoisotopic (exact) mass is 288 g/mol. The largest absolute Gasteiger partial charge is 0.497 e. The minimum Gasteiger partial charge on any atom is -0.497 e. The highest BCUT2D eigenvalue weighted by Gasteiger charge is 2.11. The predicted octanol–water partition coefficient (Wildman–Crippen LogP) is 1.98. The van der Waals surface area contributed by atoms with E-state index in [1.54, 1.807) is 20.3 Å². The Kier molecular flexibility index (Phi) is 5.34. The molecule has 112 valence electrons. The van der Waals surface area contributed by atoms with Crippen LogP contribution in [0.2, 0.25) is 0 Å². The van der Waals surface area contributed by atoms with E-state index in [0.29, 0.717) is 12.4 Å². The smallest absolute Gasteiger partial charge is 0.218 e. The van der Waals surface area contributed by atoms with E-state index in [4.69, 9.17) is 15.2 Å². The van der Waals surface area contributed by atoms with Gasteiger partial charge in [0, 0.05) is 18.3 Å². The van der Waals surface area contributed by atoms with Crippen LogP contribution >= 0.6 is 0 Å². The van der Waals surface area contributed by atoms with Gasteiger partial charge in [0.05, 0.1) is 14.2 Å². The van der Waals surface area contributed by atoms with Crippen molar-refractivity contribution in [2.45, 2.75) is 6.42 Å². The number of anilines is 2. The summed E-state index contributed by atoms with van der Waals surface area (Å²) in [5.41, 5.74) is 6.65. The van der Waals surface area contributed by atoms with Crippen molar-refractivity contribution >= 4 is 11.5 Å². The summed E-state index contributed by atoms with van der Waals surface area (Å²) in [4.78, 5) is 10.4. The molecule has 0 aliphatic carbocycles. The van der Waals surface area contributed by atoms with Gasteiger partial charge in [-0.1, -0.05) is 0 Å². The zero-order valence-electron chi connectivity index (χ0n) is 12.3. The Hall–Kier alpha value is -2.34. The molecule has 6 heteroatoms. The number of aromatic nitrogens is 2. The molecule has 2 N–H and O–H groups in total. The second kappa shape index (κ2) is 7.44. The number of ether oxygens (including phenoxy) is 2. The molecule has 0 amide bonds. The van der Waals surface area contributed by atoms with Crippen molar-refractivity contribution in [3.05, 3.63) is 36.7 Å². The van der Waals surface area contributed by atoms with Gasteiger partial charge in [-0.05, 0) is 37.2 Å². The normalized spacial score (nSPS) is 10.2. The number of hydrogen-bond acceptors (Lipinski definition) is 6. The van der Waals surface area contributed by atoms with Crippen LogP contribution in [0, 0.1) is 0 Å². The fraction of sp³-hybridized carbons (Fsp3) is 0.333. The third-order valence-corrected chi connectivity index (χ3v) is 3.08. The number of benzene rings is 1. The molecule has 0 saturated heterocycles. The Morgan fingerprint density at radius 1 is 1.10 bits per heavy atom. The quantitative estimate of drug-likeness (QED) is 0.840. The molecule has 0 spiro atoms. The standard InChI is InChI=1S/C15H20N4O2/c1-20-13-6-4-12(5-7-13)19(9-3-8-16)14-10-15(21-2)18-11-17-14/h4-7,10-11H,3,8-9,16H2,1-2H3. The molecule has 0 fully saturated rings. The van der Waals surface area contributed by atoms with E-state index in [1.807, 2.05) is 24.3 Å². The molecule has 0 unspecified atom stereocenters. The van der Waals surface area contributed by atoms with E-state index in [1.165, 1.54) is 6.33 Å². The first-order chi connectivity index (χ1) is 10.3. The Bertz CT molecular complexity index is 560. The minimum absolute atomic E-state index is 0.534. The average molecular weight is 288 g/mol. The lowest BCUT2D eigenvalue weighted by atomic mass is 10.2. The van der Waals surface area contributed by atoms with Gasteiger partial charge >= 0.3 is 0 Å². The van der Waals surface area contributed by atoms with Gasteiger partial charge < -0.3 is 20.1 Å². The number of hydrogen-bond donors (Lipinski definition) is 1.